The van der Waals surface area contributed by atoms with Crippen molar-refractivity contribution >= 4 is 0 Å². The van der Waals surface area contributed by atoms with Crippen molar-refractivity contribution in [1.82, 2.24) is 15.1 Å². The second-order valence-corrected chi connectivity index (χ2v) is 5.61. The minimum atomic E-state index is 0.441. The number of nitrogens with zero attached hydrogens (tertiary/aromatic N) is 2. The summed E-state index contributed by atoms with van der Waals surface area (Å²) in [5.41, 5.74) is 2.64. The van der Waals surface area contributed by atoms with E-state index in [1.54, 1.807) is 0 Å². The topological polar surface area (TPSA) is 39.1 Å². The van der Waals surface area contributed by atoms with Crippen LogP contribution < -0.4 is 5.32 Å². The van der Waals surface area contributed by atoms with Crippen LogP contribution in [0.5, 0.6) is 0 Å². The van der Waals surface area contributed by atoms with Gasteiger partial charge in [0.25, 0.3) is 0 Å². The molecule has 0 spiro atoms. The molecule has 0 aromatic carbocycles. The second kappa shape index (κ2) is 7.06. The van der Waals surface area contributed by atoms with Gasteiger partial charge in [0.05, 0.1) is 6.20 Å². The lowest BCUT2D eigenvalue weighted by Crippen LogP contribution is -2.27. The maximum absolute atomic E-state index is 5.46. The van der Waals surface area contributed by atoms with E-state index in [9.17, 15) is 0 Å². The van der Waals surface area contributed by atoms with Crippen LogP contribution in [0.2, 0.25) is 0 Å². The first-order chi connectivity index (χ1) is 9.22. The van der Waals surface area contributed by atoms with Gasteiger partial charge < -0.3 is 10.1 Å². The van der Waals surface area contributed by atoms with Gasteiger partial charge in [-0.1, -0.05) is 6.92 Å². The van der Waals surface area contributed by atoms with Gasteiger partial charge in [0, 0.05) is 37.6 Å². The van der Waals surface area contributed by atoms with Gasteiger partial charge in [-0.05, 0) is 45.1 Å². The normalized spacial score (nSPS) is 18.7. The van der Waals surface area contributed by atoms with Gasteiger partial charge in [-0.3, -0.25) is 4.68 Å². The average molecular weight is 265 g/mol. The van der Waals surface area contributed by atoms with Crippen LogP contribution in [-0.4, -0.2) is 29.5 Å². The first-order valence-electron chi connectivity index (χ1n) is 7.52. The van der Waals surface area contributed by atoms with Crippen LogP contribution in [0.25, 0.3) is 0 Å². The van der Waals surface area contributed by atoms with E-state index in [1.807, 2.05) is 17.9 Å². The van der Waals surface area contributed by atoms with Gasteiger partial charge in [0.1, 0.15) is 0 Å². The lowest BCUT2D eigenvalue weighted by atomic mass is 9.89. The quantitative estimate of drug-likeness (QED) is 0.859. The molecule has 2 heterocycles. The maximum atomic E-state index is 5.46. The van der Waals surface area contributed by atoms with Crippen LogP contribution >= 0.6 is 0 Å². The van der Waals surface area contributed by atoms with Crippen molar-refractivity contribution in [2.75, 3.05) is 19.8 Å². The van der Waals surface area contributed by atoms with Gasteiger partial charge >= 0.3 is 0 Å². The molecule has 1 aliphatic rings. The summed E-state index contributed by atoms with van der Waals surface area (Å²) in [4.78, 5) is 0. The van der Waals surface area contributed by atoms with Crippen molar-refractivity contribution < 1.29 is 4.74 Å². The lowest BCUT2D eigenvalue weighted by Gasteiger charge is -2.27. The highest BCUT2D eigenvalue weighted by Gasteiger charge is 2.22. The summed E-state index contributed by atoms with van der Waals surface area (Å²) in [5.74, 6) is 0.780. The zero-order valence-corrected chi connectivity index (χ0v) is 12.5. The minimum absolute atomic E-state index is 0.441. The van der Waals surface area contributed by atoms with E-state index >= 15 is 0 Å². The standard InChI is InChI=1S/C15H27N3O/c1-4-7-16-15(10-13-5-8-19-9-6-13)14-11-17-18(3)12(14)2/h11,13,15-16H,4-10H2,1-3H3. The van der Waals surface area contributed by atoms with Gasteiger partial charge in [-0.25, -0.2) is 0 Å². The molecular weight excluding hydrogens is 238 g/mol. The molecule has 0 saturated carbocycles. The zero-order valence-electron chi connectivity index (χ0n) is 12.5. The number of ether oxygens (including phenoxy) is 1. The van der Waals surface area contributed by atoms with Crippen molar-refractivity contribution in [3.8, 4) is 0 Å². The molecule has 1 aromatic rings. The smallest absolute Gasteiger partial charge is 0.0540 e. The molecule has 19 heavy (non-hydrogen) atoms. The van der Waals surface area contributed by atoms with Crippen LogP contribution in [-0.2, 0) is 11.8 Å². The third-order valence-electron chi connectivity index (χ3n) is 4.20. The van der Waals surface area contributed by atoms with Crippen molar-refractivity contribution in [3.05, 3.63) is 17.5 Å². The van der Waals surface area contributed by atoms with Crippen molar-refractivity contribution in [3.63, 3.8) is 0 Å². The third-order valence-corrected chi connectivity index (χ3v) is 4.20. The summed E-state index contributed by atoms with van der Waals surface area (Å²) in [6, 6.07) is 0.441. The summed E-state index contributed by atoms with van der Waals surface area (Å²) >= 11 is 0. The fraction of sp³-hybridized carbons (Fsp3) is 0.800. The van der Waals surface area contributed by atoms with Gasteiger partial charge in [-0.15, -0.1) is 0 Å². The first-order valence-corrected chi connectivity index (χ1v) is 7.52. The second-order valence-electron chi connectivity index (χ2n) is 5.61. The van der Waals surface area contributed by atoms with Crippen molar-refractivity contribution in [2.24, 2.45) is 13.0 Å². The van der Waals surface area contributed by atoms with Crippen LogP contribution in [0.3, 0.4) is 0 Å². The Morgan fingerprint density at radius 2 is 2.21 bits per heavy atom. The highest BCUT2D eigenvalue weighted by atomic mass is 16.5. The fourth-order valence-electron chi connectivity index (χ4n) is 2.81. The molecule has 0 amide bonds. The summed E-state index contributed by atoms with van der Waals surface area (Å²) in [7, 11) is 2.02. The molecule has 0 bridgehead atoms. The molecule has 4 heteroatoms. The molecular formula is C15H27N3O. The Hall–Kier alpha value is -0.870. The van der Waals surface area contributed by atoms with E-state index in [4.69, 9.17) is 4.74 Å². The lowest BCUT2D eigenvalue weighted by molar-refractivity contribution is 0.0605. The molecule has 1 aliphatic heterocycles. The molecule has 2 rings (SSSR count). The minimum Gasteiger partial charge on any atom is -0.381 e. The molecule has 1 aromatic heterocycles. The summed E-state index contributed by atoms with van der Waals surface area (Å²) in [6.45, 7) is 7.30. The molecule has 1 unspecified atom stereocenters. The monoisotopic (exact) mass is 265 g/mol. The molecule has 1 saturated heterocycles. The third kappa shape index (κ3) is 3.80. The Labute approximate surface area is 116 Å². The average Bonchev–Trinajstić information content (AvgIpc) is 2.76. The Kier molecular flexibility index (Phi) is 5.40. The largest absolute Gasteiger partial charge is 0.381 e. The molecule has 108 valence electrons. The van der Waals surface area contributed by atoms with E-state index in [0.717, 1.165) is 25.7 Å². The maximum Gasteiger partial charge on any atom is 0.0540 e. The molecule has 1 atom stereocenters. The van der Waals surface area contributed by atoms with E-state index in [-0.39, 0.29) is 0 Å². The Balaban J connectivity index is 2.04. The first kappa shape index (κ1) is 14.5. The van der Waals surface area contributed by atoms with Crippen molar-refractivity contribution in [1.29, 1.82) is 0 Å². The van der Waals surface area contributed by atoms with E-state index in [0.29, 0.717) is 6.04 Å². The SMILES string of the molecule is CCCNC(CC1CCOCC1)c1cnn(C)c1C. The van der Waals surface area contributed by atoms with Crippen LogP contribution in [0.1, 0.15) is 49.9 Å². The molecule has 1 fully saturated rings. The number of aromatic nitrogens is 2. The van der Waals surface area contributed by atoms with E-state index < -0.39 is 0 Å². The summed E-state index contributed by atoms with van der Waals surface area (Å²) in [6.07, 6.45) is 6.80. The van der Waals surface area contributed by atoms with Gasteiger partial charge in [0.15, 0.2) is 0 Å². The van der Waals surface area contributed by atoms with Crippen molar-refractivity contribution in [2.45, 2.75) is 45.6 Å². The van der Waals surface area contributed by atoms with E-state index in [1.165, 1.54) is 36.9 Å². The Morgan fingerprint density at radius 1 is 1.47 bits per heavy atom. The van der Waals surface area contributed by atoms with Crippen LogP contribution in [0.15, 0.2) is 6.20 Å². The molecule has 0 aliphatic carbocycles. The number of hydrogen-bond donors (Lipinski definition) is 1. The highest BCUT2D eigenvalue weighted by molar-refractivity contribution is 5.20. The fourth-order valence-corrected chi connectivity index (χ4v) is 2.81. The zero-order chi connectivity index (χ0) is 13.7. The molecule has 4 nitrogen and oxygen atoms in total. The van der Waals surface area contributed by atoms with Crippen LogP contribution in [0, 0.1) is 12.8 Å². The predicted molar refractivity (Wildman–Crippen MR) is 77.1 cm³/mol. The summed E-state index contributed by atoms with van der Waals surface area (Å²) in [5, 5.41) is 8.08. The van der Waals surface area contributed by atoms with Gasteiger partial charge in [0.2, 0.25) is 0 Å². The van der Waals surface area contributed by atoms with Crippen LogP contribution in [0.4, 0.5) is 0 Å². The predicted octanol–water partition coefficient (Wildman–Crippen LogP) is 2.59. The Bertz CT molecular complexity index is 383. The molecule has 1 N–H and O–H groups in total. The number of hydrogen-bond acceptors (Lipinski definition) is 3. The Morgan fingerprint density at radius 3 is 2.79 bits per heavy atom. The molecule has 0 radical (unpaired) electrons. The number of rotatable bonds is 6. The number of aryl methyl sites for hydroxylation is 1. The number of nitrogens with one attached hydrogen (secondary N) is 1. The van der Waals surface area contributed by atoms with Gasteiger partial charge in [-0.2, -0.15) is 5.10 Å². The summed E-state index contributed by atoms with van der Waals surface area (Å²) < 4.78 is 7.43. The highest BCUT2D eigenvalue weighted by Crippen LogP contribution is 2.29. The van der Waals surface area contributed by atoms with E-state index in [2.05, 4.69) is 24.3 Å².